The van der Waals surface area contributed by atoms with E-state index in [1.807, 2.05) is 18.2 Å². The van der Waals surface area contributed by atoms with E-state index in [1.54, 1.807) is 19.4 Å². The van der Waals surface area contributed by atoms with Gasteiger partial charge in [0.2, 0.25) is 0 Å². The zero-order chi connectivity index (χ0) is 13.7. The van der Waals surface area contributed by atoms with E-state index >= 15 is 0 Å². The molecular weight excluding hydrogens is 262 g/mol. The molecule has 2 rings (SSSR count). The van der Waals surface area contributed by atoms with E-state index in [0.717, 1.165) is 18.7 Å². The fourth-order valence-corrected chi connectivity index (χ4v) is 1.92. The summed E-state index contributed by atoms with van der Waals surface area (Å²) < 4.78 is 5.18. The van der Waals surface area contributed by atoms with Crippen LogP contribution in [0, 0.1) is 0 Å². The van der Waals surface area contributed by atoms with Crippen molar-refractivity contribution in [2.75, 3.05) is 24.7 Å². The summed E-state index contributed by atoms with van der Waals surface area (Å²) >= 11 is 5.80. The lowest BCUT2D eigenvalue weighted by molar-refractivity contribution is 0.414. The van der Waals surface area contributed by atoms with Crippen molar-refractivity contribution in [2.45, 2.75) is 6.42 Å². The Labute approximate surface area is 117 Å². The van der Waals surface area contributed by atoms with Gasteiger partial charge < -0.3 is 15.8 Å². The second-order valence-corrected chi connectivity index (χ2v) is 4.56. The van der Waals surface area contributed by atoms with Crippen LogP contribution < -0.4 is 15.8 Å². The summed E-state index contributed by atoms with van der Waals surface area (Å²) in [6, 6.07) is 9.66. The molecule has 0 spiro atoms. The molecule has 0 aliphatic heterocycles. The molecule has 5 heteroatoms. The van der Waals surface area contributed by atoms with Gasteiger partial charge in [0, 0.05) is 12.7 Å². The Bertz CT molecular complexity index is 560. The van der Waals surface area contributed by atoms with E-state index in [2.05, 4.69) is 16.4 Å². The fraction of sp³-hybridized carbons (Fsp3) is 0.214. The quantitative estimate of drug-likeness (QED) is 0.882. The van der Waals surface area contributed by atoms with E-state index in [1.165, 1.54) is 5.56 Å². The number of rotatable bonds is 5. The number of nitrogens with one attached hydrogen (secondary N) is 1. The normalized spacial score (nSPS) is 10.2. The molecule has 0 aliphatic rings. The number of halogens is 1. The molecule has 3 N–H and O–H groups in total. The minimum atomic E-state index is 0.538. The van der Waals surface area contributed by atoms with Crippen LogP contribution in [-0.4, -0.2) is 18.6 Å². The van der Waals surface area contributed by atoms with Crippen molar-refractivity contribution < 1.29 is 4.74 Å². The summed E-state index contributed by atoms with van der Waals surface area (Å²) in [5, 5.41) is 3.73. The molecule has 1 heterocycles. The zero-order valence-corrected chi connectivity index (χ0v) is 11.4. The van der Waals surface area contributed by atoms with Crippen molar-refractivity contribution in [1.82, 2.24) is 4.98 Å². The van der Waals surface area contributed by atoms with E-state index in [-0.39, 0.29) is 0 Å². The van der Waals surface area contributed by atoms with Crippen LogP contribution in [0.5, 0.6) is 5.75 Å². The van der Waals surface area contributed by atoms with Gasteiger partial charge in [-0.25, -0.2) is 4.98 Å². The highest BCUT2D eigenvalue weighted by Gasteiger charge is 2.01. The molecule has 0 saturated heterocycles. The molecule has 0 unspecified atom stereocenters. The number of hydrogen-bond donors (Lipinski definition) is 2. The summed E-state index contributed by atoms with van der Waals surface area (Å²) in [6.07, 6.45) is 2.44. The zero-order valence-electron chi connectivity index (χ0n) is 10.7. The van der Waals surface area contributed by atoms with Crippen molar-refractivity contribution in [3.8, 4) is 5.75 Å². The van der Waals surface area contributed by atoms with Crippen LogP contribution >= 0.6 is 11.6 Å². The minimum absolute atomic E-state index is 0.538. The predicted octanol–water partition coefficient (Wildman–Crippen LogP) is 2.98. The lowest BCUT2D eigenvalue weighted by Gasteiger charge is -2.09. The largest absolute Gasteiger partial charge is 0.497 e. The van der Waals surface area contributed by atoms with Gasteiger partial charge in [0.1, 0.15) is 11.6 Å². The number of hydrogen-bond acceptors (Lipinski definition) is 4. The number of benzene rings is 1. The molecule has 0 fully saturated rings. The van der Waals surface area contributed by atoms with Crippen molar-refractivity contribution in [3.05, 3.63) is 47.1 Å². The van der Waals surface area contributed by atoms with Gasteiger partial charge in [-0.2, -0.15) is 0 Å². The van der Waals surface area contributed by atoms with Gasteiger partial charge in [-0.15, -0.1) is 0 Å². The molecule has 100 valence electrons. The third-order valence-corrected chi connectivity index (χ3v) is 2.93. The molecule has 0 saturated carbocycles. The van der Waals surface area contributed by atoms with Crippen molar-refractivity contribution in [1.29, 1.82) is 0 Å². The van der Waals surface area contributed by atoms with E-state index in [0.29, 0.717) is 16.5 Å². The molecule has 0 aliphatic carbocycles. The Morgan fingerprint density at radius 2 is 2.21 bits per heavy atom. The number of anilines is 2. The Kier molecular flexibility index (Phi) is 4.47. The van der Waals surface area contributed by atoms with Crippen LogP contribution in [0.15, 0.2) is 36.5 Å². The first-order valence-electron chi connectivity index (χ1n) is 5.97. The van der Waals surface area contributed by atoms with Crippen LogP contribution in [0.1, 0.15) is 5.56 Å². The van der Waals surface area contributed by atoms with Gasteiger partial charge in [0.25, 0.3) is 0 Å². The van der Waals surface area contributed by atoms with Gasteiger partial charge in [-0.3, -0.25) is 0 Å². The first-order chi connectivity index (χ1) is 9.19. The monoisotopic (exact) mass is 277 g/mol. The predicted molar refractivity (Wildman–Crippen MR) is 78.8 cm³/mol. The van der Waals surface area contributed by atoms with E-state index in [9.17, 15) is 0 Å². The maximum Gasteiger partial charge on any atom is 0.149 e. The average Bonchev–Trinajstić information content (AvgIpc) is 2.41. The Morgan fingerprint density at radius 3 is 2.95 bits per heavy atom. The molecular formula is C14H16ClN3O. The van der Waals surface area contributed by atoms with Gasteiger partial charge in [0.15, 0.2) is 0 Å². The highest BCUT2D eigenvalue weighted by Crippen LogP contribution is 2.19. The minimum Gasteiger partial charge on any atom is -0.497 e. The number of nitrogens with two attached hydrogens (primary N) is 1. The molecule has 1 aromatic carbocycles. The highest BCUT2D eigenvalue weighted by molar-refractivity contribution is 6.30. The summed E-state index contributed by atoms with van der Waals surface area (Å²) in [6.45, 7) is 0.742. The molecule has 0 bridgehead atoms. The molecule has 4 nitrogen and oxygen atoms in total. The van der Waals surface area contributed by atoms with Crippen molar-refractivity contribution in [3.63, 3.8) is 0 Å². The summed E-state index contributed by atoms with van der Waals surface area (Å²) in [7, 11) is 1.66. The van der Waals surface area contributed by atoms with Crippen molar-refractivity contribution >= 4 is 23.1 Å². The molecule has 0 amide bonds. The molecule has 1 aromatic heterocycles. The van der Waals surface area contributed by atoms with Gasteiger partial charge in [-0.1, -0.05) is 23.7 Å². The highest BCUT2D eigenvalue weighted by atomic mass is 35.5. The van der Waals surface area contributed by atoms with Gasteiger partial charge >= 0.3 is 0 Å². The van der Waals surface area contributed by atoms with Crippen LogP contribution in [0.25, 0.3) is 0 Å². The first-order valence-corrected chi connectivity index (χ1v) is 6.34. The molecule has 2 aromatic rings. The molecule has 0 atom stereocenters. The number of nitrogen functional groups attached to an aromatic ring is 1. The first kappa shape index (κ1) is 13.5. The van der Waals surface area contributed by atoms with Crippen LogP contribution in [0.2, 0.25) is 5.02 Å². The number of pyridine rings is 1. The summed E-state index contributed by atoms with van der Waals surface area (Å²) in [5.74, 6) is 1.52. The number of methoxy groups -OCH3 is 1. The van der Waals surface area contributed by atoms with Gasteiger partial charge in [-0.05, 0) is 30.2 Å². The lowest BCUT2D eigenvalue weighted by atomic mass is 10.1. The molecule has 0 radical (unpaired) electrons. The SMILES string of the molecule is COc1cccc(CCNc2ncc(Cl)cc2N)c1. The second-order valence-electron chi connectivity index (χ2n) is 4.12. The van der Waals surface area contributed by atoms with Crippen LogP contribution in [0.3, 0.4) is 0 Å². The number of aromatic nitrogens is 1. The number of ether oxygens (including phenoxy) is 1. The average molecular weight is 278 g/mol. The smallest absolute Gasteiger partial charge is 0.149 e. The maximum atomic E-state index is 5.82. The number of nitrogens with zero attached hydrogens (tertiary/aromatic N) is 1. The lowest BCUT2D eigenvalue weighted by Crippen LogP contribution is -2.08. The molecule has 19 heavy (non-hydrogen) atoms. The van der Waals surface area contributed by atoms with Crippen molar-refractivity contribution in [2.24, 2.45) is 0 Å². The Morgan fingerprint density at radius 1 is 1.37 bits per heavy atom. The third kappa shape index (κ3) is 3.76. The topological polar surface area (TPSA) is 60.2 Å². The van der Waals surface area contributed by atoms with Gasteiger partial charge in [0.05, 0.1) is 17.8 Å². The fourth-order valence-electron chi connectivity index (χ4n) is 1.76. The Hall–Kier alpha value is -1.94. The Balaban J connectivity index is 1.92. The summed E-state index contributed by atoms with van der Waals surface area (Å²) in [5.41, 5.74) is 7.56. The third-order valence-electron chi connectivity index (χ3n) is 2.72. The van der Waals surface area contributed by atoms with E-state index < -0.39 is 0 Å². The standard InChI is InChI=1S/C14H16ClN3O/c1-19-12-4-2-3-10(7-12)5-6-17-14-13(16)8-11(15)9-18-14/h2-4,7-9H,5-6,16H2,1H3,(H,17,18). The summed E-state index contributed by atoms with van der Waals surface area (Å²) in [4.78, 5) is 4.15. The van der Waals surface area contributed by atoms with E-state index in [4.69, 9.17) is 22.1 Å². The second kappa shape index (κ2) is 6.29. The maximum absolute atomic E-state index is 5.82. The van der Waals surface area contributed by atoms with Crippen LogP contribution in [0.4, 0.5) is 11.5 Å². The van der Waals surface area contributed by atoms with Crippen LogP contribution in [-0.2, 0) is 6.42 Å².